The van der Waals surface area contributed by atoms with Crippen molar-refractivity contribution in [3.8, 4) is 0 Å². The first-order chi connectivity index (χ1) is 8.20. The lowest BCUT2D eigenvalue weighted by molar-refractivity contribution is -0.384. The van der Waals surface area contributed by atoms with E-state index in [1.165, 1.54) is 12.3 Å². The molecule has 0 aliphatic heterocycles. The van der Waals surface area contributed by atoms with Gasteiger partial charge in [0.25, 0.3) is 5.69 Å². The third-order valence-electron chi connectivity index (χ3n) is 1.71. The lowest BCUT2D eigenvalue weighted by Gasteiger charge is -2.19. The Morgan fingerprint density at radius 3 is 2.67 bits per heavy atom. The Balaban J connectivity index is 2.97. The van der Waals surface area contributed by atoms with Crippen molar-refractivity contribution in [3.05, 3.63) is 27.0 Å². The van der Waals surface area contributed by atoms with Crippen LogP contribution in [0.25, 0.3) is 0 Å². The van der Waals surface area contributed by atoms with E-state index in [2.05, 4.69) is 26.2 Å². The van der Waals surface area contributed by atoms with Crippen molar-refractivity contribution < 1.29 is 14.5 Å². The molecule has 0 aromatic carbocycles. The molecule has 0 saturated heterocycles. The topological polar surface area (TPSA) is 94.4 Å². The smallest absolute Gasteiger partial charge is 0.412 e. The molecule has 0 spiro atoms. The van der Waals surface area contributed by atoms with Crippen LogP contribution in [0.4, 0.5) is 16.2 Å². The van der Waals surface area contributed by atoms with Gasteiger partial charge in [0.2, 0.25) is 0 Å². The number of nitrogens with zero attached hydrogens (tertiary/aromatic N) is 2. The first-order valence-corrected chi connectivity index (χ1v) is 5.79. The predicted octanol–water partition coefficient (Wildman–Crippen LogP) is 3.10. The van der Waals surface area contributed by atoms with Gasteiger partial charge in [0, 0.05) is 12.3 Å². The van der Waals surface area contributed by atoms with Crippen LogP contribution < -0.4 is 5.32 Å². The lowest BCUT2D eigenvalue weighted by atomic mass is 10.2. The molecule has 0 aliphatic rings. The predicted molar refractivity (Wildman–Crippen MR) is 68.4 cm³/mol. The van der Waals surface area contributed by atoms with Crippen molar-refractivity contribution >= 4 is 33.4 Å². The lowest BCUT2D eigenvalue weighted by Crippen LogP contribution is -2.27. The fraction of sp³-hybridized carbons (Fsp3) is 0.400. The molecule has 0 aliphatic carbocycles. The molecule has 0 bridgehead atoms. The third-order valence-corrected chi connectivity index (χ3v) is 2.31. The third kappa shape index (κ3) is 3.95. The molecule has 0 radical (unpaired) electrons. The second kappa shape index (κ2) is 5.30. The number of carbonyl (C=O) groups is 1. The van der Waals surface area contributed by atoms with Crippen LogP contribution in [0.5, 0.6) is 0 Å². The van der Waals surface area contributed by atoms with Crippen molar-refractivity contribution in [3.63, 3.8) is 0 Å². The van der Waals surface area contributed by atoms with Crippen LogP contribution in [-0.4, -0.2) is 21.6 Å². The van der Waals surface area contributed by atoms with Gasteiger partial charge in [-0.05, 0) is 36.7 Å². The Labute approximate surface area is 112 Å². The van der Waals surface area contributed by atoms with E-state index in [0.29, 0.717) is 0 Å². The number of hydrogen-bond acceptors (Lipinski definition) is 5. The van der Waals surface area contributed by atoms with Crippen molar-refractivity contribution in [2.24, 2.45) is 0 Å². The summed E-state index contributed by atoms with van der Waals surface area (Å²) in [5, 5.41) is 13.1. The van der Waals surface area contributed by atoms with Crippen LogP contribution in [0.15, 0.2) is 16.9 Å². The number of rotatable bonds is 2. The normalized spacial score (nSPS) is 10.9. The van der Waals surface area contributed by atoms with Crippen LogP contribution in [0, 0.1) is 10.1 Å². The molecule has 0 unspecified atom stereocenters. The van der Waals surface area contributed by atoms with E-state index in [0.717, 1.165) is 0 Å². The van der Waals surface area contributed by atoms with E-state index >= 15 is 0 Å². The van der Waals surface area contributed by atoms with E-state index in [-0.39, 0.29) is 16.0 Å². The van der Waals surface area contributed by atoms with E-state index in [4.69, 9.17) is 4.74 Å². The van der Waals surface area contributed by atoms with E-state index in [1.54, 1.807) is 20.8 Å². The highest BCUT2D eigenvalue weighted by molar-refractivity contribution is 9.10. The zero-order valence-electron chi connectivity index (χ0n) is 10.1. The molecule has 8 heteroatoms. The van der Waals surface area contributed by atoms with Gasteiger partial charge in [0.15, 0.2) is 5.69 Å². The van der Waals surface area contributed by atoms with Gasteiger partial charge in [0.05, 0.1) is 4.92 Å². The molecule has 1 aromatic heterocycles. The standard InChI is InChI=1S/C10H12BrN3O4/c1-10(2,3)18-9(15)13-7-6(14(16)17)4-5-12-8(7)11/h4-5H,1-3H3,(H,13,15). The molecule has 0 saturated carbocycles. The number of nitro groups is 1. The number of nitrogens with one attached hydrogen (secondary N) is 1. The van der Waals surface area contributed by atoms with Crippen molar-refractivity contribution in [1.29, 1.82) is 0 Å². The second-order valence-electron chi connectivity index (χ2n) is 4.38. The zero-order valence-corrected chi connectivity index (χ0v) is 11.6. The number of carbonyl (C=O) groups excluding carboxylic acids is 1. The second-order valence-corrected chi connectivity index (χ2v) is 5.13. The molecule has 0 atom stereocenters. The highest BCUT2D eigenvalue weighted by Gasteiger charge is 2.22. The number of anilines is 1. The maximum absolute atomic E-state index is 11.6. The number of pyridine rings is 1. The summed E-state index contributed by atoms with van der Waals surface area (Å²) in [4.78, 5) is 25.6. The molecule has 1 N–H and O–H groups in total. The molecule has 98 valence electrons. The van der Waals surface area contributed by atoms with Gasteiger partial charge < -0.3 is 4.74 Å². The minimum absolute atomic E-state index is 0.0308. The van der Waals surface area contributed by atoms with Crippen molar-refractivity contribution in [1.82, 2.24) is 4.98 Å². The molecule has 7 nitrogen and oxygen atoms in total. The Morgan fingerprint density at radius 1 is 1.56 bits per heavy atom. The van der Waals surface area contributed by atoms with Gasteiger partial charge >= 0.3 is 6.09 Å². The summed E-state index contributed by atoms with van der Waals surface area (Å²) >= 11 is 3.04. The Bertz CT molecular complexity index is 485. The molecular weight excluding hydrogens is 306 g/mol. The van der Waals surface area contributed by atoms with Gasteiger partial charge in [0.1, 0.15) is 10.2 Å². The summed E-state index contributed by atoms with van der Waals surface area (Å²) in [5.41, 5.74) is -0.979. The summed E-state index contributed by atoms with van der Waals surface area (Å²) < 4.78 is 5.18. The van der Waals surface area contributed by atoms with E-state index < -0.39 is 16.6 Å². The minimum atomic E-state index is -0.778. The molecule has 1 aromatic rings. The van der Waals surface area contributed by atoms with Gasteiger partial charge in [-0.15, -0.1) is 0 Å². The Hall–Kier alpha value is -1.70. The maximum Gasteiger partial charge on any atom is 0.412 e. The zero-order chi connectivity index (χ0) is 13.9. The fourth-order valence-electron chi connectivity index (χ4n) is 1.10. The van der Waals surface area contributed by atoms with Gasteiger partial charge in [-0.2, -0.15) is 0 Å². The average molecular weight is 318 g/mol. The molecule has 1 heterocycles. The van der Waals surface area contributed by atoms with E-state index in [1.807, 2.05) is 0 Å². The first-order valence-electron chi connectivity index (χ1n) is 4.99. The summed E-state index contributed by atoms with van der Waals surface area (Å²) in [7, 11) is 0. The summed E-state index contributed by atoms with van der Waals surface area (Å²) in [6.45, 7) is 5.08. The highest BCUT2D eigenvalue weighted by Crippen LogP contribution is 2.30. The van der Waals surface area contributed by atoms with Crippen LogP contribution in [0.3, 0.4) is 0 Å². The number of ether oxygens (including phenoxy) is 1. The van der Waals surface area contributed by atoms with Crippen LogP contribution >= 0.6 is 15.9 Å². The number of hydrogen-bond donors (Lipinski definition) is 1. The van der Waals surface area contributed by atoms with Crippen molar-refractivity contribution in [2.75, 3.05) is 5.32 Å². The largest absolute Gasteiger partial charge is 0.444 e. The van der Waals surface area contributed by atoms with E-state index in [9.17, 15) is 14.9 Å². The fourth-order valence-corrected chi connectivity index (χ4v) is 1.52. The average Bonchev–Trinajstić information content (AvgIpc) is 2.17. The van der Waals surface area contributed by atoms with Crippen LogP contribution in [-0.2, 0) is 4.74 Å². The van der Waals surface area contributed by atoms with Crippen LogP contribution in [0.1, 0.15) is 20.8 Å². The Kier molecular flexibility index (Phi) is 4.23. The van der Waals surface area contributed by atoms with Gasteiger partial charge in [-0.1, -0.05) is 0 Å². The first kappa shape index (κ1) is 14.4. The van der Waals surface area contributed by atoms with Crippen molar-refractivity contribution in [2.45, 2.75) is 26.4 Å². The van der Waals surface area contributed by atoms with Gasteiger partial charge in [-0.3, -0.25) is 15.4 Å². The number of aromatic nitrogens is 1. The number of amides is 1. The summed E-state index contributed by atoms with van der Waals surface area (Å²) in [5.74, 6) is 0. The molecule has 18 heavy (non-hydrogen) atoms. The molecule has 0 fully saturated rings. The molecular formula is C10H12BrN3O4. The quantitative estimate of drug-likeness (QED) is 0.513. The highest BCUT2D eigenvalue weighted by atomic mass is 79.9. The summed E-state index contributed by atoms with van der Waals surface area (Å²) in [6.07, 6.45) is 0.488. The van der Waals surface area contributed by atoms with Gasteiger partial charge in [-0.25, -0.2) is 9.78 Å². The SMILES string of the molecule is CC(C)(C)OC(=O)Nc1c([N+](=O)[O-])ccnc1Br. The summed E-state index contributed by atoms with van der Waals surface area (Å²) in [6, 6.07) is 1.19. The minimum Gasteiger partial charge on any atom is -0.444 e. The molecule has 1 rings (SSSR count). The monoisotopic (exact) mass is 317 g/mol. The molecule has 1 amide bonds. The maximum atomic E-state index is 11.6. The Morgan fingerprint density at radius 2 is 2.17 bits per heavy atom. The van der Waals surface area contributed by atoms with Crippen LogP contribution in [0.2, 0.25) is 0 Å². The number of halogens is 1.